The molecule has 0 radical (unpaired) electrons. The molecule has 4 rings (SSSR count). The molecule has 0 bridgehead atoms. The van der Waals surface area contributed by atoms with E-state index in [-0.39, 0.29) is 5.43 Å². The second-order valence-electron chi connectivity index (χ2n) is 6.67. The Morgan fingerprint density at radius 1 is 1.07 bits per heavy atom. The number of ether oxygens (including phenoxy) is 1. The smallest absolute Gasteiger partial charge is 0.203 e. The lowest BCUT2D eigenvalue weighted by molar-refractivity contribution is 0.184. The highest BCUT2D eigenvalue weighted by atomic mass is 16.5. The first-order valence-electron chi connectivity index (χ1n) is 9.09. The van der Waals surface area contributed by atoms with E-state index in [0.29, 0.717) is 24.5 Å². The van der Waals surface area contributed by atoms with Crippen LogP contribution in [0, 0.1) is 0 Å². The molecule has 1 aromatic carbocycles. The van der Waals surface area contributed by atoms with Crippen LogP contribution in [0.15, 0.2) is 66.1 Å². The van der Waals surface area contributed by atoms with Crippen molar-refractivity contribution in [1.29, 1.82) is 0 Å². The van der Waals surface area contributed by atoms with E-state index in [0.717, 1.165) is 22.4 Å². The summed E-state index contributed by atoms with van der Waals surface area (Å²) in [5, 5.41) is 8.64. The molecule has 0 saturated heterocycles. The molecule has 3 aromatic heterocycles. The minimum Gasteiger partial charge on any atom is -0.380 e. The zero-order valence-corrected chi connectivity index (χ0v) is 16.2. The topological polar surface area (TPSA) is 87.7 Å². The number of rotatable bonds is 6. The summed E-state index contributed by atoms with van der Waals surface area (Å²) in [6.45, 7) is 0.475. The first-order valence-corrected chi connectivity index (χ1v) is 9.09. The van der Waals surface area contributed by atoms with Gasteiger partial charge in [0.05, 0.1) is 19.0 Å². The number of nitrogens with zero attached hydrogens (tertiary/aromatic N) is 6. The van der Waals surface area contributed by atoms with Gasteiger partial charge in [-0.1, -0.05) is 18.2 Å². The Balaban J connectivity index is 1.60. The van der Waals surface area contributed by atoms with Gasteiger partial charge in [-0.25, -0.2) is 14.6 Å². The van der Waals surface area contributed by atoms with E-state index in [1.54, 1.807) is 41.3 Å². The highest BCUT2D eigenvalue weighted by Gasteiger charge is 2.09. The third-order valence-electron chi connectivity index (χ3n) is 4.41. The second kappa shape index (κ2) is 8.15. The molecule has 0 saturated carbocycles. The van der Waals surface area contributed by atoms with Crippen molar-refractivity contribution in [3.63, 3.8) is 0 Å². The quantitative estimate of drug-likeness (QED) is 0.503. The van der Waals surface area contributed by atoms with Gasteiger partial charge in [0.1, 0.15) is 11.4 Å². The van der Waals surface area contributed by atoms with Gasteiger partial charge in [0.2, 0.25) is 5.43 Å². The molecule has 0 spiro atoms. The standard InChI is InChI=1S/C21H20N6O2/c1-26-13-18(12-24-26)27-7-6-20(28)19(25-27)9-15-4-3-5-17(8-15)21-22-10-16(11-23-21)14-29-2/h3-8,10-13H,9,14H2,1-2H3. The lowest BCUT2D eigenvalue weighted by Gasteiger charge is -2.07. The molecule has 4 aromatic rings. The van der Waals surface area contributed by atoms with E-state index in [9.17, 15) is 4.79 Å². The predicted molar refractivity (Wildman–Crippen MR) is 108 cm³/mol. The predicted octanol–water partition coefficient (Wildman–Crippen LogP) is 2.16. The Morgan fingerprint density at radius 3 is 2.62 bits per heavy atom. The molecule has 0 unspecified atom stereocenters. The molecule has 29 heavy (non-hydrogen) atoms. The third kappa shape index (κ3) is 4.27. The fraction of sp³-hybridized carbons (Fsp3) is 0.190. The lowest BCUT2D eigenvalue weighted by Crippen LogP contribution is -2.16. The molecule has 0 fully saturated rings. The molecule has 0 N–H and O–H groups in total. The summed E-state index contributed by atoms with van der Waals surface area (Å²) in [5.74, 6) is 0.625. The Morgan fingerprint density at radius 2 is 1.90 bits per heavy atom. The first-order chi connectivity index (χ1) is 14.1. The molecule has 0 aliphatic carbocycles. The summed E-state index contributed by atoms with van der Waals surface area (Å²) in [6.07, 6.45) is 9.11. The normalized spacial score (nSPS) is 11.0. The van der Waals surface area contributed by atoms with E-state index < -0.39 is 0 Å². The monoisotopic (exact) mass is 388 g/mol. The van der Waals surface area contributed by atoms with Crippen molar-refractivity contribution in [3.05, 3.63) is 88.4 Å². The van der Waals surface area contributed by atoms with E-state index in [4.69, 9.17) is 4.74 Å². The summed E-state index contributed by atoms with van der Waals surface area (Å²) in [7, 11) is 3.47. The number of aromatic nitrogens is 6. The molecule has 8 nitrogen and oxygen atoms in total. The minimum atomic E-state index is -0.101. The van der Waals surface area contributed by atoms with Crippen molar-refractivity contribution in [2.24, 2.45) is 7.05 Å². The van der Waals surface area contributed by atoms with Crippen LogP contribution < -0.4 is 5.43 Å². The molecular weight excluding hydrogens is 368 g/mol. The second-order valence-corrected chi connectivity index (χ2v) is 6.67. The summed E-state index contributed by atoms with van der Waals surface area (Å²) >= 11 is 0. The lowest BCUT2D eigenvalue weighted by atomic mass is 10.1. The van der Waals surface area contributed by atoms with Crippen molar-refractivity contribution < 1.29 is 4.74 Å². The number of benzene rings is 1. The van der Waals surface area contributed by atoms with E-state index in [2.05, 4.69) is 20.2 Å². The maximum atomic E-state index is 12.3. The Hall–Kier alpha value is -3.65. The van der Waals surface area contributed by atoms with Gasteiger partial charge in [-0.15, -0.1) is 0 Å². The van der Waals surface area contributed by atoms with Gasteiger partial charge in [-0.2, -0.15) is 10.2 Å². The molecule has 146 valence electrons. The van der Waals surface area contributed by atoms with Crippen LogP contribution in [0.3, 0.4) is 0 Å². The number of hydrogen-bond acceptors (Lipinski definition) is 6. The van der Waals surface area contributed by atoms with Crippen LogP contribution in [-0.2, 0) is 24.8 Å². The van der Waals surface area contributed by atoms with Crippen LogP contribution in [0.2, 0.25) is 0 Å². The van der Waals surface area contributed by atoms with Crippen molar-refractivity contribution in [1.82, 2.24) is 29.5 Å². The fourth-order valence-electron chi connectivity index (χ4n) is 3.00. The maximum Gasteiger partial charge on any atom is 0.203 e. The largest absolute Gasteiger partial charge is 0.380 e. The first kappa shape index (κ1) is 18.7. The van der Waals surface area contributed by atoms with Crippen LogP contribution in [0.4, 0.5) is 0 Å². The van der Waals surface area contributed by atoms with E-state index in [1.165, 1.54) is 6.07 Å². The SMILES string of the molecule is COCc1cnc(-c2cccc(Cc3nn(-c4cnn(C)c4)ccc3=O)c2)nc1. The summed E-state index contributed by atoms with van der Waals surface area (Å²) < 4.78 is 8.44. The van der Waals surface area contributed by atoms with Crippen molar-refractivity contribution >= 4 is 0 Å². The number of hydrogen-bond donors (Lipinski definition) is 0. The fourth-order valence-corrected chi connectivity index (χ4v) is 3.00. The average Bonchev–Trinajstić information content (AvgIpc) is 3.17. The molecule has 0 aliphatic heterocycles. The number of methoxy groups -OCH3 is 1. The average molecular weight is 388 g/mol. The van der Waals surface area contributed by atoms with Gasteiger partial charge in [0, 0.05) is 56.4 Å². The minimum absolute atomic E-state index is 0.101. The van der Waals surface area contributed by atoms with Crippen LogP contribution >= 0.6 is 0 Å². The maximum absolute atomic E-state index is 12.3. The summed E-state index contributed by atoms with van der Waals surface area (Å²) in [5.41, 5.74) is 3.92. The third-order valence-corrected chi connectivity index (χ3v) is 4.41. The van der Waals surface area contributed by atoms with Crippen molar-refractivity contribution in [2.75, 3.05) is 7.11 Å². The highest BCUT2D eigenvalue weighted by molar-refractivity contribution is 5.56. The van der Waals surface area contributed by atoms with Gasteiger partial charge < -0.3 is 4.74 Å². The van der Waals surface area contributed by atoms with E-state index >= 15 is 0 Å². The zero-order chi connectivity index (χ0) is 20.2. The summed E-state index contributed by atoms with van der Waals surface area (Å²) in [4.78, 5) is 21.1. The zero-order valence-electron chi connectivity index (χ0n) is 16.2. The van der Waals surface area contributed by atoms with Crippen molar-refractivity contribution in [2.45, 2.75) is 13.0 Å². The summed E-state index contributed by atoms with van der Waals surface area (Å²) in [6, 6.07) is 9.34. The highest BCUT2D eigenvalue weighted by Crippen LogP contribution is 2.18. The molecule has 3 heterocycles. The Labute approximate surface area is 167 Å². The van der Waals surface area contributed by atoms with Crippen LogP contribution in [-0.4, -0.2) is 36.6 Å². The van der Waals surface area contributed by atoms with Gasteiger partial charge in [-0.05, 0) is 11.6 Å². The molecule has 0 amide bonds. The van der Waals surface area contributed by atoms with Crippen molar-refractivity contribution in [3.8, 4) is 17.1 Å². The van der Waals surface area contributed by atoms with Crippen LogP contribution in [0.5, 0.6) is 0 Å². The Bertz CT molecular complexity index is 1180. The number of aryl methyl sites for hydroxylation is 1. The molecule has 0 atom stereocenters. The van der Waals surface area contributed by atoms with Crippen LogP contribution in [0.1, 0.15) is 16.8 Å². The van der Waals surface area contributed by atoms with Gasteiger partial charge in [-0.3, -0.25) is 9.48 Å². The molecular formula is C21H20N6O2. The molecule has 0 aliphatic rings. The van der Waals surface area contributed by atoms with Gasteiger partial charge in [0.25, 0.3) is 0 Å². The van der Waals surface area contributed by atoms with Crippen LogP contribution in [0.25, 0.3) is 17.1 Å². The molecule has 8 heteroatoms. The van der Waals surface area contributed by atoms with Gasteiger partial charge in [0.15, 0.2) is 5.82 Å². The Kier molecular flexibility index (Phi) is 5.26. The van der Waals surface area contributed by atoms with Gasteiger partial charge >= 0.3 is 0 Å². The van der Waals surface area contributed by atoms with E-state index in [1.807, 2.05) is 37.5 Å².